The summed E-state index contributed by atoms with van der Waals surface area (Å²) in [5, 5.41) is 18.1. The van der Waals surface area contributed by atoms with Crippen LogP contribution in [0, 0.1) is 5.41 Å². The van der Waals surface area contributed by atoms with E-state index in [-0.39, 0.29) is 18.6 Å². The predicted octanol–water partition coefficient (Wildman–Crippen LogP) is 1.96. The maximum absolute atomic E-state index is 9.04. The van der Waals surface area contributed by atoms with Crippen LogP contribution < -0.4 is 0 Å². The van der Waals surface area contributed by atoms with Gasteiger partial charge in [-0.1, -0.05) is 26.7 Å². The standard InChI is InChI=1S/C9H20O2.C3H6O/c1-3-5-6-9(4-2,7-10)8-11;1-3-2-4-3/h10-11H,3-8H2,1-2H3;3H,2H2,1H3. The molecule has 0 aliphatic carbocycles. The highest BCUT2D eigenvalue weighted by Crippen LogP contribution is 2.27. The molecule has 15 heavy (non-hydrogen) atoms. The topological polar surface area (TPSA) is 53.0 Å². The fourth-order valence-electron chi connectivity index (χ4n) is 1.26. The summed E-state index contributed by atoms with van der Waals surface area (Å²) in [6.07, 6.45) is 4.60. The average molecular weight is 218 g/mol. The van der Waals surface area contributed by atoms with Gasteiger partial charge < -0.3 is 14.9 Å². The van der Waals surface area contributed by atoms with Gasteiger partial charge in [0, 0.05) is 5.41 Å². The number of aliphatic hydroxyl groups is 2. The van der Waals surface area contributed by atoms with Gasteiger partial charge >= 0.3 is 0 Å². The van der Waals surface area contributed by atoms with Crippen molar-refractivity contribution in [2.75, 3.05) is 19.8 Å². The number of hydrogen-bond donors (Lipinski definition) is 2. The average Bonchev–Trinajstić information content (AvgIpc) is 3.05. The van der Waals surface area contributed by atoms with Gasteiger partial charge in [0.25, 0.3) is 0 Å². The summed E-state index contributed by atoms with van der Waals surface area (Å²) in [7, 11) is 0. The van der Waals surface area contributed by atoms with Crippen molar-refractivity contribution < 1.29 is 14.9 Å². The second kappa shape index (κ2) is 8.08. The zero-order chi connectivity index (χ0) is 11.7. The van der Waals surface area contributed by atoms with Crippen molar-refractivity contribution in [3.63, 3.8) is 0 Å². The van der Waals surface area contributed by atoms with E-state index >= 15 is 0 Å². The van der Waals surface area contributed by atoms with Gasteiger partial charge in [-0.15, -0.1) is 0 Å². The molecule has 2 N–H and O–H groups in total. The number of ether oxygens (including phenoxy) is 1. The van der Waals surface area contributed by atoms with Crippen LogP contribution in [0.5, 0.6) is 0 Å². The third-order valence-corrected chi connectivity index (χ3v) is 2.98. The van der Waals surface area contributed by atoms with Crippen molar-refractivity contribution in [2.45, 2.75) is 52.6 Å². The molecule has 3 heteroatoms. The van der Waals surface area contributed by atoms with Crippen molar-refractivity contribution in [3.8, 4) is 0 Å². The van der Waals surface area contributed by atoms with E-state index in [0.29, 0.717) is 6.10 Å². The van der Waals surface area contributed by atoms with Gasteiger partial charge in [-0.3, -0.25) is 0 Å². The molecule has 1 heterocycles. The Hall–Kier alpha value is -0.120. The molecule has 3 nitrogen and oxygen atoms in total. The van der Waals surface area contributed by atoms with E-state index in [4.69, 9.17) is 14.9 Å². The number of epoxide rings is 1. The maximum atomic E-state index is 9.04. The summed E-state index contributed by atoms with van der Waals surface area (Å²) >= 11 is 0. The molecule has 0 aromatic heterocycles. The first kappa shape index (κ1) is 14.9. The summed E-state index contributed by atoms with van der Waals surface area (Å²) in [6, 6.07) is 0. The monoisotopic (exact) mass is 218 g/mol. The van der Waals surface area contributed by atoms with E-state index in [0.717, 1.165) is 32.3 Å². The number of aliphatic hydroxyl groups excluding tert-OH is 2. The highest BCUT2D eigenvalue weighted by molar-refractivity contribution is 4.75. The lowest BCUT2D eigenvalue weighted by atomic mass is 9.82. The van der Waals surface area contributed by atoms with Crippen LogP contribution in [0.1, 0.15) is 46.5 Å². The molecule has 1 atom stereocenters. The molecule has 0 aromatic rings. The van der Waals surface area contributed by atoms with E-state index in [1.165, 1.54) is 0 Å². The first-order valence-electron chi connectivity index (χ1n) is 5.97. The molecule has 1 unspecified atom stereocenters. The van der Waals surface area contributed by atoms with Gasteiger partial charge in [-0.05, 0) is 19.8 Å². The van der Waals surface area contributed by atoms with Gasteiger partial charge in [0.05, 0.1) is 25.9 Å². The number of hydrogen-bond acceptors (Lipinski definition) is 3. The molecular weight excluding hydrogens is 192 g/mol. The van der Waals surface area contributed by atoms with Crippen molar-refractivity contribution in [2.24, 2.45) is 5.41 Å². The third kappa shape index (κ3) is 6.88. The zero-order valence-corrected chi connectivity index (χ0v) is 10.3. The van der Waals surface area contributed by atoms with Crippen LogP contribution in [-0.4, -0.2) is 36.1 Å². The van der Waals surface area contributed by atoms with E-state index in [9.17, 15) is 0 Å². The third-order valence-electron chi connectivity index (χ3n) is 2.98. The van der Waals surface area contributed by atoms with Gasteiger partial charge in [0.2, 0.25) is 0 Å². The Morgan fingerprint density at radius 1 is 1.27 bits per heavy atom. The lowest BCUT2D eigenvalue weighted by Crippen LogP contribution is -2.28. The SMILES string of the molecule is CC1CO1.CCCCC(CC)(CO)CO. The summed E-state index contributed by atoms with van der Waals surface area (Å²) < 4.78 is 4.71. The number of rotatable bonds is 6. The predicted molar refractivity (Wildman–Crippen MR) is 61.8 cm³/mol. The minimum Gasteiger partial charge on any atom is -0.396 e. The van der Waals surface area contributed by atoms with E-state index in [2.05, 4.69) is 13.8 Å². The minimum atomic E-state index is -0.212. The van der Waals surface area contributed by atoms with Crippen LogP contribution in [0.25, 0.3) is 0 Å². The maximum Gasteiger partial charge on any atom is 0.0781 e. The minimum absolute atomic E-state index is 0.111. The zero-order valence-electron chi connectivity index (χ0n) is 10.3. The molecule has 1 aliphatic rings. The van der Waals surface area contributed by atoms with Crippen molar-refractivity contribution in [1.29, 1.82) is 0 Å². The van der Waals surface area contributed by atoms with Crippen molar-refractivity contribution in [3.05, 3.63) is 0 Å². The van der Waals surface area contributed by atoms with E-state index < -0.39 is 0 Å². The van der Waals surface area contributed by atoms with Crippen molar-refractivity contribution >= 4 is 0 Å². The van der Waals surface area contributed by atoms with Crippen LogP contribution in [0.15, 0.2) is 0 Å². The highest BCUT2D eigenvalue weighted by atomic mass is 16.6. The lowest BCUT2D eigenvalue weighted by Gasteiger charge is -2.27. The fraction of sp³-hybridized carbons (Fsp3) is 1.00. The van der Waals surface area contributed by atoms with Gasteiger partial charge in [0.1, 0.15) is 0 Å². The fourth-order valence-corrected chi connectivity index (χ4v) is 1.26. The Bertz CT molecular complexity index is 132. The molecule has 0 aromatic carbocycles. The molecule has 0 radical (unpaired) electrons. The second-order valence-electron chi connectivity index (χ2n) is 4.42. The Labute approximate surface area is 93.5 Å². The van der Waals surface area contributed by atoms with E-state index in [1.54, 1.807) is 0 Å². The van der Waals surface area contributed by atoms with Gasteiger partial charge in [0.15, 0.2) is 0 Å². The molecule has 0 saturated carbocycles. The largest absolute Gasteiger partial charge is 0.396 e. The molecule has 1 fully saturated rings. The molecule has 0 bridgehead atoms. The summed E-state index contributed by atoms with van der Waals surface area (Å²) in [5.74, 6) is 0. The highest BCUT2D eigenvalue weighted by Gasteiger charge is 2.25. The molecule has 0 spiro atoms. The molecule has 0 amide bonds. The normalized spacial score (nSPS) is 19.4. The van der Waals surface area contributed by atoms with Crippen LogP contribution in [0.2, 0.25) is 0 Å². The molecule has 1 aliphatic heterocycles. The Kier molecular flexibility index (Phi) is 8.02. The molecular formula is C12H26O3. The molecule has 1 saturated heterocycles. The Morgan fingerprint density at radius 3 is 1.93 bits per heavy atom. The second-order valence-corrected chi connectivity index (χ2v) is 4.42. The van der Waals surface area contributed by atoms with Crippen LogP contribution >= 0.6 is 0 Å². The smallest absolute Gasteiger partial charge is 0.0781 e. The Balaban J connectivity index is 0.000000401. The molecule has 92 valence electrons. The molecule has 1 rings (SSSR count). The first-order chi connectivity index (χ1) is 7.14. The summed E-state index contributed by atoms with van der Waals surface area (Å²) in [6.45, 7) is 7.40. The van der Waals surface area contributed by atoms with Gasteiger partial charge in [-0.25, -0.2) is 0 Å². The van der Waals surface area contributed by atoms with Crippen LogP contribution in [-0.2, 0) is 4.74 Å². The Morgan fingerprint density at radius 2 is 1.73 bits per heavy atom. The van der Waals surface area contributed by atoms with Crippen molar-refractivity contribution in [1.82, 2.24) is 0 Å². The number of unbranched alkanes of at least 4 members (excludes halogenated alkanes) is 1. The van der Waals surface area contributed by atoms with Gasteiger partial charge in [-0.2, -0.15) is 0 Å². The van der Waals surface area contributed by atoms with Crippen LogP contribution in [0.3, 0.4) is 0 Å². The summed E-state index contributed by atoms with van der Waals surface area (Å²) in [5.41, 5.74) is -0.212. The lowest BCUT2D eigenvalue weighted by molar-refractivity contribution is 0.0420. The van der Waals surface area contributed by atoms with Crippen LogP contribution in [0.4, 0.5) is 0 Å². The van der Waals surface area contributed by atoms with E-state index in [1.807, 2.05) is 6.92 Å². The first-order valence-corrected chi connectivity index (χ1v) is 5.97. The quantitative estimate of drug-likeness (QED) is 0.670. The summed E-state index contributed by atoms with van der Waals surface area (Å²) in [4.78, 5) is 0.